The van der Waals surface area contributed by atoms with Gasteiger partial charge in [0, 0.05) is 18.5 Å². The van der Waals surface area contributed by atoms with Crippen LogP contribution in [0, 0.1) is 0 Å². The number of hydrogen-bond acceptors (Lipinski definition) is 5. The van der Waals surface area contributed by atoms with Gasteiger partial charge in [-0.3, -0.25) is 9.78 Å². The molecule has 0 radical (unpaired) electrons. The van der Waals surface area contributed by atoms with E-state index in [4.69, 9.17) is 16.2 Å². The fourth-order valence-electron chi connectivity index (χ4n) is 1.74. The van der Waals surface area contributed by atoms with E-state index >= 15 is 0 Å². The number of aromatic nitrogens is 2. The lowest BCUT2D eigenvalue weighted by Gasteiger charge is -2.07. The first-order valence-electron chi connectivity index (χ1n) is 6.24. The topological polar surface area (TPSA) is 104 Å². The van der Waals surface area contributed by atoms with Gasteiger partial charge in [-0.1, -0.05) is 0 Å². The van der Waals surface area contributed by atoms with E-state index in [9.17, 15) is 4.79 Å². The molecule has 0 saturated heterocycles. The molecule has 20 heavy (non-hydrogen) atoms. The molecule has 4 N–H and O–H groups in total. The number of amides is 1. The summed E-state index contributed by atoms with van der Waals surface area (Å²) >= 11 is 0. The zero-order valence-corrected chi connectivity index (χ0v) is 11.0. The van der Waals surface area contributed by atoms with Crippen LogP contribution in [-0.4, -0.2) is 22.5 Å². The molecule has 0 spiro atoms. The molecule has 2 aromatic heterocycles. The van der Waals surface area contributed by atoms with Crippen LogP contribution in [-0.2, 0) is 6.42 Å². The number of anilines is 1. The number of ether oxygens (including phenoxy) is 1. The minimum atomic E-state index is -0.591. The largest absolute Gasteiger partial charge is 0.478 e. The van der Waals surface area contributed by atoms with E-state index in [1.807, 2.05) is 12.1 Å². The summed E-state index contributed by atoms with van der Waals surface area (Å²) in [7, 11) is 0. The second kappa shape index (κ2) is 6.51. The van der Waals surface area contributed by atoms with Crippen molar-refractivity contribution in [1.29, 1.82) is 0 Å². The van der Waals surface area contributed by atoms with Gasteiger partial charge in [0.05, 0.1) is 24.1 Å². The lowest BCUT2D eigenvalue weighted by atomic mass is 10.1. The Morgan fingerprint density at radius 2 is 2.05 bits per heavy atom. The van der Waals surface area contributed by atoms with Gasteiger partial charge in [-0.05, 0) is 30.5 Å². The van der Waals surface area contributed by atoms with Crippen molar-refractivity contribution in [3.63, 3.8) is 0 Å². The van der Waals surface area contributed by atoms with Crippen molar-refractivity contribution in [3.8, 4) is 5.88 Å². The number of carbonyl (C=O) groups is 1. The summed E-state index contributed by atoms with van der Waals surface area (Å²) in [6.45, 7) is 0.497. The van der Waals surface area contributed by atoms with Crippen molar-refractivity contribution in [2.45, 2.75) is 12.8 Å². The van der Waals surface area contributed by atoms with E-state index in [1.54, 1.807) is 12.4 Å². The molecular weight excluding hydrogens is 256 g/mol. The zero-order valence-electron chi connectivity index (χ0n) is 11.0. The Morgan fingerprint density at radius 3 is 2.75 bits per heavy atom. The summed E-state index contributed by atoms with van der Waals surface area (Å²) in [5.74, 6) is -0.241. The zero-order chi connectivity index (χ0) is 14.4. The van der Waals surface area contributed by atoms with Crippen LogP contribution in [0.2, 0.25) is 0 Å². The normalized spacial score (nSPS) is 10.2. The van der Waals surface area contributed by atoms with E-state index in [0.717, 1.165) is 12.8 Å². The van der Waals surface area contributed by atoms with E-state index in [1.165, 1.54) is 17.8 Å². The molecule has 0 fully saturated rings. The third-order valence-electron chi connectivity index (χ3n) is 2.78. The predicted octanol–water partition coefficient (Wildman–Crippen LogP) is 1.17. The maximum absolute atomic E-state index is 11.1. The average Bonchev–Trinajstić information content (AvgIpc) is 2.46. The second-order valence-electron chi connectivity index (χ2n) is 4.28. The maximum atomic E-state index is 11.1. The number of nitrogens with zero attached hydrogens (tertiary/aromatic N) is 2. The number of rotatable bonds is 6. The standard InChI is InChI=1S/C14H16N4O2/c15-12-9-18-13(8-11(12)14(16)19)20-7-1-2-10-3-5-17-6-4-10/h3-6,8-9H,1-2,7,15H2,(H2,16,19). The van der Waals surface area contributed by atoms with Crippen LogP contribution in [0.25, 0.3) is 0 Å². The molecule has 2 rings (SSSR count). The maximum Gasteiger partial charge on any atom is 0.251 e. The van der Waals surface area contributed by atoms with Crippen LogP contribution in [0.1, 0.15) is 22.3 Å². The quantitative estimate of drug-likeness (QED) is 0.768. The molecule has 0 unspecified atom stereocenters. The van der Waals surface area contributed by atoms with E-state index in [-0.39, 0.29) is 11.3 Å². The Balaban J connectivity index is 1.85. The molecule has 0 aromatic carbocycles. The highest BCUT2D eigenvalue weighted by Crippen LogP contribution is 2.16. The molecule has 0 saturated carbocycles. The molecule has 2 aromatic rings. The highest BCUT2D eigenvalue weighted by molar-refractivity contribution is 5.97. The Morgan fingerprint density at radius 1 is 1.30 bits per heavy atom. The van der Waals surface area contributed by atoms with Crippen LogP contribution < -0.4 is 16.2 Å². The summed E-state index contributed by atoms with van der Waals surface area (Å²) in [6.07, 6.45) is 6.62. The van der Waals surface area contributed by atoms with Gasteiger partial charge in [-0.2, -0.15) is 0 Å². The van der Waals surface area contributed by atoms with E-state index < -0.39 is 5.91 Å². The highest BCUT2D eigenvalue weighted by Gasteiger charge is 2.08. The molecule has 0 aliphatic carbocycles. The molecule has 6 nitrogen and oxygen atoms in total. The number of aryl methyl sites for hydroxylation is 1. The minimum Gasteiger partial charge on any atom is -0.478 e. The number of pyridine rings is 2. The molecule has 0 bridgehead atoms. The Kier molecular flexibility index (Phi) is 4.49. The first-order valence-corrected chi connectivity index (χ1v) is 6.24. The van der Waals surface area contributed by atoms with Crippen molar-refractivity contribution in [2.75, 3.05) is 12.3 Å². The number of nitrogen functional groups attached to an aromatic ring is 1. The Labute approximate surface area is 116 Å². The van der Waals surface area contributed by atoms with Gasteiger partial charge < -0.3 is 16.2 Å². The van der Waals surface area contributed by atoms with Crippen molar-refractivity contribution in [3.05, 3.63) is 47.9 Å². The Hall–Kier alpha value is -2.63. The highest BCUT2D eigenvalue weighted by atomic mass is 16.5. The summed E-state index contributed by atoms with van der Waals surface area (Å²) in [6, 6.07) is 5.39. The molecule has 0 aliphatic rings. The lowest BCUT2D eigenvalue weighted by molar-refractivity contribution is 0.100. The van der Waals surface area contributed by atoms with Crippen LogP contribution in [0.4, 0.5) is 5.69 Å². The fourth-order valence-corrected chi connectivity index (χ4v) is 1.74. The smallest absolute Gasteiger partial charge is 0.251 e. The SMILES string of the molecule is NC(=O)c1cc(OCCCc2ccncc2)ncc1N. The average molecular weight is 272 g/mol. The molecule has 104 valence electrons. The van der Waals surface area contributed by atoms with Gasteiger partial charge in [0.15, 0.2) is 0 Å². The molecule has 1 amide bonds. The van der Waals surface area contributed by atoms with Crippen LogP contribution >= 0.6 is 0 Å². The molecule has 6 heteroatoms. The molecule has 2 heterocycles. The summed E-state index contributed by atoms with van der Waals surface area (Å²) in [4.78, 5) is 19.1. The van der Waals surface area contributed by atoms with E-state index in [2.05, 4.69) is 9.97 Å². The van der Waals surface area contributed by atoms with E-state index in [0.29, 0.717) is 12.5 Å². The molecule has 0 aliphatic heterocycles. The van der Waals surface area contributed by atoms with Gasteiger partial charge in [0.1, 0.15) is 0 Å². The first-order chi connectivity index (χ1) is 9.66. The summed E-state index contributed by atoms with van der Waals surface area (Å²) < 4.78 is 5.48. The lowest BCUT2D eigenvalue weighted by Crippen LogP contribution is -2.14. The molecular formula is C14H16N4O2. The summed E-state index contributed by atoms with van der Waals surface area (Å²) in [5.41, 5.74) is 12.5. The van der Waals surface area contributed by atoms with Crippen molar-refractivity contribution < 1.29 is 9.53 Å². The van der Waals surface area contributed by atoms with Gasteiger partial charge >= 0.3 is 0 Å². The number of nitrogens with two attached hydrogens (primary N) is 2. The van der Waals surface area contributed by atoms with Gasteiger partial charge in [0.2, 0.25) is 5.88 Å². The van der Waals surface area contributed by atoms with Gasteiger partial charge in [-0.25, -0.2) is 4.98 Å². The third-order valence-corrected chi connectivity index (χ3v) is 2.78. The van der Waals surface area contributed by atoms with Crippen molar-refractivity contribution in [2.24, 2.45) is 5.73 Å². The predicted molar refractivity (Wildman–Crippen MR) is 75.2 cm³/mol. The van der Waals surface area contributed by atoms with Crippen molar-refractivity contribution >= 4 is 11.6 Å². The van der Waals surface area contributed by atoms with Crippen LogP contribution in [0.15, 0.2) is 36.8 Å². The molecule has 0 atom stereocenters. The number of primary amides is 1. The first kappa shape index (κ1) is 13.8. The minimum absolute atomic E-state index is 0.226. The summed E-state index contributed by atoms with van der Waals surface area (Å²) in [5, 5.41) is 0. The monoisotopic (exact) mass is 272 g/mol. The van der Waals surface area contributed by atoms with Gasteiger partial charge in [0.25, 0.3) is 5.91 Å². The van der Waals surface area contributed by atoms with Crippen LogP contribution in [0.5, 0.6) is 5.88 Å². The van der Waals surface area contributed by atoms with Gasteiger partial charge in [-0.15, -0.1) is 0 Å². The number of hydrogen-bond donors (Lipinski definition) is 2. The Bertz CT molecular complexity index is 587. The van der Waals surface area contributed by atoms with Crippen molar-refractivity contribution in [1.82, 2.24) is 9.97 Å². The van der Waals surface area contributed by atoms with Crippen LogP contribution in [0.3, 0.4) is 0 Å². The second-order valence-corrected chi connectivity index (χ2v) is 4.28. The number of carbonyl (C=O) groups excluding carboxylic acids is 1. The fraction of sp³-hybridized carbons (Fsp3) is 0.214. The third kappa shape index (κ3) is 3.68.